The number of nitrogens with two attached hydrogens (primary N) is 1. The zero-order chi connectivity index (χ0) is 16.1. The van der Waals surface area contributed by atoms with Crippen LogP contribution in [-0.4, -0.2) is 61.2 Å². The molecule has 2 N–H and O–H groups in total. The van der Waals surface area contributed by atoms with Gasteiger partial charge in [0.15, 0.2) is 11.5 Å². The number of fused-ring (bicyclic) bond motifs is 2. The summed E-state index contributed by atoms with van der Waals surface area (Å²) in [5.41, 5.74) is 7.54. The van der Waals surface area contributed by atoms with E-state index in [4.69, 9.17) is 10.6 Å². The van der Waals surface area contributed by atoms with Crippen LogP contribution in [0.25, 0.3) is 16.9 Å². The fraction of sp³-hybridized carbons (Fsp3) is 0.308. The molecule has 0 aromatic carbocycles. The molecule has 10 nitrogen and oxygen atoms in total. The van der Waals surface area contributed by atoms with E-state index in [-0.39, 0.29) is 11.9 Å². The molecule has 4 heterocycles. The molecule has 0 spiro atoms. The molecule has 0 fully saturated rings. The molecule has 23 heavy (non-hydrogen) atoms. The highest BCUT2D eigenvalue weighted by Crippen LogP contribution is 2.23. The predicted molar refractivity (Wildman–Crippen MR) is 80.0 cm³/mol. The number of aromatic nitrogens is 6. The van der Waals surface area contributed by atoms with Gasteiger partial charge in [-0.15, -0.1) is 5.10 Å². The lowest BCUT2D eigenvalue weighted by Gasteiger charge is -2.20. The summed E-state index contributed by atoms with van der Waals surface area (Å²) < 4.78 is 1.55. The summed E-state index contributed by atoms with van der Waals surface area (Å²) in [5, 5.41) is 9.08. The third-order valence-corrected chi connectivity index (χ3v) is 3.84. The Balaban J connectivity index is 1.92. The molecule has 0 bridgehead atoms. The van der Waals surface area contributed by atoms with Crippen molar-refractivity contribution in [3.05, 3.63) is 23.7 Å². The topological polar surface area (TPSA) is 117 Å². The van der Waals surface area contributed by atoms with Crippen molar-refractivity contribution >= 4 is 22.9 Å². The number of amides is 1. The maximum absolute atomic E-state index is 12.2. The van der Waals surface area contributed by atoms with E-state index in [1.165, 1.54) is 12.0 Å². The molecular formula is C13H14N8O2. The maximum Gasteiger partial charge on any atom is 0.274 e. The van der Waals surface area contributed by atoms with Crippen LogP contribution < -0.4 is 10.6 Å². The SMILES string of the molecule is COn1ncc2c(-n3cc4c(n3)C(=O)N(C)CC4)nc(N)nc21. The van der Waals surface area contributed by atoms with Gasteiger partial charge >= 0.3 is 0 Å². The van der Waals surface area contributed by atoms with Crippen LogP contribution in [-0.2, 0) is 6.42 Å². The van der Waals surface area contributed by atoms with Crippen molar-refractivity contribution in [2.75, 3.05) is 26.4 Å². The average molecular weight is 314 g/mol. The molecule has 1 aliphatic rings. The van der Waals surface area contributed by atoms with Gasteiger partial charge in [-0.05, 0) is 6.42 Å². The van der Waals surface area contributed by atoms with Crippen LogP contribution >= 0.6 is 0 Å². The van der Waals surface area contributed by atoms with Crippen LogP contribution in [0.1, 0.15) is 16.1 Å². The standard InChI is InChI=1S/C13H14N8O2/c1-19-4-3-7-6-20(18-9(7)12(19)22)10-8-5-15-21(23-2)11(8)17-13(14)16-10/h5-6H,3-4H2,1-2H3,(H2,14,16,17). The van der Waals surface area contributed by atoms with Crippen molar-refractivity contribution in [2.45, 2.75) is 6.42 Å². The Labute approximate surface area is 130 Å². The fourth-order valence-corrected chi connectivity index (χ4v) is 2.65. The van der Waals surface area contributed by atoms with Crippen molar-refractivity contribution in [3.8, 4) is 5.82 Å². The number of hydrogen-bond donors (Lipinski definition) is 1. The van der Waals surface area contributed by atoms with Gasteiger partial charge in [-0.25, -0.2) is 4.68 Å². The van der Waals surface area contributed by atoms with E-state index in [1.807, 2.05) is 0 Å². The Morgan fingerprint density at radius 1 is 1.35 bits per heavy atom. The third-order valence-electron chi connectivity index (χ3n) is 3.84. The number of anilines is 1. The lowest BCUT2D eigenvalue weighted by molar-refractivity contribution is 0.0775. The van der Waals surface area contributed by atoms with Crippen molar-refractivity contribution in [1.82, 2.24) is 34.6 Å². The second-order valence-corrected chi connectivity index (χ2v) is 5.27. The number of carbonyl (C=O) groups is 1. The number of hydrogen-bond acceptors (Lipinski definition) is 7. The number of carbonyl (C=O) groups excluding carboxylic acids is 1. The largest absolute Gasteiger partial charge is 0.398 e. The normalized spacial score (nSPS) is 14.3. The van der Waals surface area contributed by atoms with Gasteiger partial charge in [0.1, 0.15) is 7.11 Å². The highest BCUT2D eigenvalue weighted by Gasteiger charge is 2.26. The van der Waals surface area contributed by atoms with Crippen LogP contribution in [0, 0.1) is 0 Å². The Morgan fingerprint density at radius 3 is 2.96 bits per heavy atom. The molecule has 1 amide bonds. The Hall–Kier alpha value is -3.17. The van der Waals surface area contributed by atoms with Gasteiger partial charge in [0.05, 0.1) is 11.6 Å². The molecule has 0 radical (unpaired) electrons. The first-order valence-corrected chi connectivity index (χ1v) is 6.98. The number of nitrogens with zero attached hydrogens (tertiary/aromatic N) is 7. The van der Waals surface area contributed by atoms with E-state index in [2.05, 4.69) is 20.2 Å². The lowest BCUT2D eigenvalue weighted by Crippen LogP contribution is -2.33. The van der Waals surface area contributed by atoms with Crippen molar-refractivity contribution in [1.29, 1.82) is 0 Å². The van der Waals surface area contributed by atoms with Gasteiger partial charge in [0, 0.05) is 25.4 Å². The molecule has 118 valence electrons. The van der Waals surface area contributed by atoms with Crippen LogP contribution in [0.3, 0.4) is 0 Å². The summed E-state index contributed by atoms with van der Waals surface area (Å²) in [5.74, 6) is 0.430. The van der Waals surface area contributed by atoms with Gasteiger partial charge in [-0.3, -0.25) is 4.79 Å². The summed E-state index contributed by atoms with van der Waals surface area (Å²) in [6.07, 6.45) is 4.12. The minimum Gasteiger partial charge on any atom is -0.398 e. The van der Waals surface area contributed by atoms with E-state index < -0.39 is 0 Å². The molecule has 0 saturated carbocycles. The number of nitrogen functional groups attached to an aromatic ring is 1. The van der Waals surface area contributed by atoms with Gasteiger partial charge in [-0.1, -0.05) is 4.85 Å². The maximum atomic E-state index is 12.2. The van der Waals surface area contributed by atoms with E-state index in [1.54, 1.807) is 29.0 Å². The zero-order valence-corrected chi connectivity index (χ0v) is 12.6. The number of likely N-dealkylation sites (N-methyl/N-ethyl adjacent to an activating group) is 1. The molecule has 10 heteroatoms. The highest BCUT2D eigenvalue weighted by molar-refractivity contribution is 5.94. The smallest absolute Gasteiger partial charge is 0.274 e. The number of rotatable bonds is 2. The molecule has 0 unspecified atom stereocenters. The fourth-order valence-electron chi connectivity index (χ4n) is 2.65. The zero-order valence-electron chi connectivity index (χ0n) is 12.6. The summed E-state index contributed by atoms with van der Waals surface area (Å²) >= 11 is 0. The van der Waals surface area contributed by atoms with Crippen molar-refractivity contribution in [3.63, 3.8) is 0 Å². The second kappa shape index (κ2) is 4.66. The van der Waals surface area contributed by atoms with Gasteiger partial charge in [-0.2, -0.15) is 15.1 Å². The Kier molecular flexibility index (Phi) is 2.73. The predicted octanol–water partition coefficient (Wildman–Crippen LogP) is -0.719. The minimum atomic E-state index is -0.101. The molecule has 4 rings (SSSR count). The van der Waals surface area contributed by atoms with Crippen molar-refractivity contribution < 1.29 is 9.63 Å². The lowest BCUT2D eigenvalue weighted by atomic mass is 10.1. The summed E-state index contributed by atoms with van der Waals surface area (Å²) in [7, 11) is 3.24. The van der Waals surface area contributed by atoms with Crippen molar-refractivity contribution in [2.24, 2.45) is 0 Å². The third kappa shape index (κ3) is 1.91. The van der Waals surface area contributed by atoms with E-state index in [9.17, 15) is 4.79 Å². The minimum absolute atomic E-state index is 0.0724. The van der Waals surface area contributed by atoms with Crippen LogP contribution in [0.2, 0.25) is 0 Å². The van der Waals surface area contributed by atoms with Gasteiger partial charge < -0.3 is 15.5 Å². The second-order valence-electron chi connectivity index (χ2n) is 5.27. The molecule has 0 atom stereocenters. The van der Waals surface area contributed by atoms with Crippen LogP contribution in [0.5, 0.6) is 0 Å². The average Bonchev–Trinajstić information content (AvgIpc) is 3.14. The molecule has 3 aromatic rings. The van der Waals surface area contributed by atoms with E-state index >= 15 is 0 Å². The highest BCUT2D eigenvalue weighted by atomic mass is 16.7. The monoisotopic (exact) mass is 314 g/mol. The molecule has 3 aromatic heterocycles. The van der Waals surface area contributed by atoms with Gasteiger partial charge in [0.2, 0.25) is 11.6 Å². The van der Waals surface area contributed by atoms with Gasteiger partial charge in [0.25, 0.3) is 5.91 Å². The first-order chi connectivity index (χ1) is 11.1. The van der Waals surface area contributed by atoms with E-state index in [0.717, 1.165) is 12.0 Å². The molecule has 1 aliphatic heterocycles. The quantitative estimate of drug-likeness (QED) is 0.663. The first kappa shape index (κ1) is 13.5. The summed E-state index contributed by atoms with van der Waals surface area (Å²) in [6, 6.07) is 0. The summed E-state index contributed by atoms with van der Waals surface area (Å²) in [6.45, 7) is 0.667. The molecular weight excluding hydrogens is 300 g/mol. The molecule has 0 saturated heterocycles. The van der Waals surface area contributed by atoms with E-state index in [0.29, 0.717) is 29.1 Å². The Morgan fingerprint density at radius 2 is 2.17 bits per heavy atom. The Bertz CT molecular complexity index is 928. The summed E-state index contributed by atoms with van der Waals surface area (Å²) in [4.78, 5) is 28.6. The van der Waals surface area contributed by atoms with Crippen LogP contribution in [0.4, 0.5) is 5.95 Å². The molecule has 0 aliphatic carbocycles. The first-order valence-electron chi connectivity index (χ1n) is 6.98. The van der Waals surface area contributed by atoms with Crippen LogP contribution in [0.15, 0.2) is 12.4 Å².